The summed E-state index contributed by atoms with van der Waals surface area (Å²) in [6, 6.07) is 9.97. The zero-order valence-corrected chi connectivity index (χ0v) is 13.1. The van der Waals surface area contributed by atoms with Gasteiger partial charge in [-0.3, -0.25) is 5.32 Å². The van der Waals surface area contributed by atoms with Crippen LogP contribution in [0.15, 0.2) is 30.3 Å². The Morgan fingerprint density at radius 3 is 2.05 bits per heavy atom. The van der Waals surface area contributed by atoms with Gasteiger partial charge in [0.05, 0.1) is 0 Å². The molecule has 0 fully saturated rings. The maximum Gasteiger partial charge on any atom is 0.139 e. The van der Waals surface area contributed by atoms with Gasteiger partial charge in [0.2, 0.25) is 0 Å². The minimum absolute atomic E-state index is 0.612. The Morgan fingerprint density at radius 2 is 1.40 bits per heavy atom. The van der Waals surface area contributed by atoms with Crippen LogP contribution in [0, 0.1) is 0 Å². The van der Waals surface area contributed by atoms with Gasteiger partial charge in [-0.2, -0.15) is 0 Å². The van der Waals surface area contributed by atoms with Gasteiger partial charge in [0, 0.05) is 0 Å². The number of para-hydroxylation sites is 1. The summed E-state index contributed by atoms with van der Waals surface area (Å²) in [4.78, 5) is 0. The van der Waals surface area contributed by atoms with Crippen molar-refractivity contribution in [3.05, 3.63) is 30.3 Å². The molecule has 1 aromatic rings. The molecule has 0 saturated carbocycles. The summed E-state index contributed by atoms with van der Waals surface area (Å²) in [5, 5.41) is 3.33. The predicted octanol–water partition coefficient (Wildman–Crippen LogP) is 5.14. The number of ether oxygens (including phenoxy) is 1. The lowest BCUT2D eigenvalue weighted by atomic mass is 10.1. The first-order valence-electron chi connectivity index (χ1n) is 8.32. The second kappa shape index (κ2) is 13.0. The van der Waals surface area contributed by atoms with E-state index in [1.54, 1.807) is 0 Å². The van der Waals surface area contributed by atoms with E-state index in [0.29, 0.717) is 6.73 Å². The minimum Gasteiger partial charge on any atom is -0.478 e. The van der Waals surface area contributed by atoms with Gasteiger partial charge in [-0.25, -0.2) is 0 Å². The Hall–Kier alpha value is -1.02. The van der Waals surface area contributed by atoms with Crippen molar-refractivity contribution in [2.24, 2.45) is 0 Å². The standard InChI is InChI=1S/C18H31NO/c1-2-3-4-5-6-7-8-9-13-16-19-17-20-18-14-11-10-12-15-18/h10-12,14-15,19H,2-9,13,16-17H2,1H3. The molecule has 0 amide bonds. The maximum atomic E-state index is 5.58. The third-order valence-electron chi connectivity index (χ3n) is 3.54. The molecule has 20 heavy (non-hydrogen) atoms. The van der Waals surface area contributed by atoms with Crippen molar-refractivity contribution in [3.8, 4) is 5.75 Å². The van der Waals surface area contributed by atoms with E-state index >= 15 is 0 Å². The topological polar surface area (TPSA) is 21.3 Å². The van der Waals surface area contributed by atoms with Crippen LogP contribution in [0.25, 0.3) is 0 Å². The Balaban J connectivity index is 1.77. The first-order chi connectivity index (χ1) is 9.93. The van der Waals surface area contributed by atoms with Crippen LogP contribution in [-0.4, -0.2) is 13.3 Å². The van der Waals surface area contributed by atoms with E-state index in [1.165, 1.54) is 57.8 Å². The molecular formula is C18H31NO. The van der Waals surface area contributed by atoms with E-state index in [-0.39, 0.29) is 0 Å². The van der Waals surface area contributed by atoms with Crippen molar-refractivity contribution in [1.82, 2.24) is 5.32 Å². The Morgan fingerprint density at radius 1 is 0.800 bits per heavy atom. The molecule has 114 valence electrons. The lowest BCUT2D eigenvalue weighted by Crippen LogP contribution is -2.21. The molecule has 1 rings (SSSR count). The summed E-state index contributed by atoms with van der Waals surface area (Å²) < 4.78 is 5.58. The zero-order chi connectivity index (χ0) is 14.3. The number of benzene rings is 1. The lowest BCUT2D eigenvalue weighted by Gasteiger charge is -2.07. The molecular weight excluding hydrogens is 246 g/mol. The van der Waals surface area contributed by atoms with E-state index in [2.05, 4.69) is 12.2 Å². The summed E-state index contributed by atoms with van der Waals surface area (Å²) in [5.74, 6) is 0.937. The fourth-order valence-corrected chi connectivity index (χ4v) is 2.28. The van der Waals surface area contributed by atoms with E-state index in [9.17, 15) is 0 Å². The molecule has 0 aliphatic carbocycles. The van der Waals surface area contributed by atoms with E-state index in [4.69, 9.17) is 4.74 Å². The SMILES string of the molecule is CCCCCCCCCCCNCOc1ccccc1. The third-order valence-corrected chi connectivity index (χ3v) is 3.54. The van der Waals surface area contributed by atoms with Crippen LogP contribution in [0.2, 0.25) is 0 Å². The highest BCUT2D eigenvalue weighted by atomic mass is 16.5. The van der Waals surface area contributed by atoms with Crippen molar-refractivity contribution >= 4 is 0 Å². The number of rotatable bonds is 13. The highest BCUT2D eigenvalue weighted by Gasteiger charge is 1.93. The van der Waals surface area contributed by atoms with E-state index in [1.807, 2.05) is 30.3 Å². The first kappa shape index (κ1) is 17.0. The fraction of sp³-hybridized carbons (Fsp3) is 0.667. The summed E-state index contributed by atoms with van der Waals surface area (Å²) in [7, 11) is 0. The average Bonchev–Trinajstić information content (AvgIpc) is 2.49. The van der Waals surface area contributed by atoms with Crippen molar-refractivity contribution < 1.29 is 4.74 Å². The largest absolute Gasteiger partial charge is 0.478 e. The minimum atomic E-state index is 0.612. The monoisotopic (exact) mass is 277 g/mol. The molecule has 2 nitrogen and oxygen atoms in total. The molecule has 0 heterocycles. The molecule has 1 N–H and O–H groups in total. The molecule has 0 bridgehead atoms. The number of hydrogen-bond acceptors (Lipinski definition) is 2. The summed E-state index contributed by atoms with van der Waals surface area (Å²) in [5.41, 5.74) is 0. The van der Waals surface area contributed by atoms with Crippen molar-refractivity contribution in [2.45, 2.75) is 64.7 Å². The summed E-state index contributed by atoms with van der Waals surface area (Å²) in [6.45, 7) is 3.94. The first-order valence-corrected chi connectivity index (χ1v) is 8.32. The number of hydrogen-bond donors (Lipinski definition) is 1. The van der Waals surface area contributed by atoms with Gasteiger partial charge >= 0.3 is 0 Å². The van der Waals surface area contributed by atoms with E-state index < -0.39 is 0 Å². The molecule has 0 saturated heterocycles. The maximum absolute atomic E-state index is 5.58. The van der Waals surface area contributed by atoms with Crippen LogP contribution in [-0.2, 0) is 0 Å². The summed E-state index contributed by atoms with van der Waals surface area (Å²) >= 11 is 0. The van der Waals surface area contributed by atoms with Crippen LogP contribution in [0.3, 0.4) is 0 Å². The zero-order valence-electron chi connectivity index (χ0n) is 13.1. The molecule has 0 aromatic heterocycles. The molecule has 1 aromatic carbocycles. The van der Waals surface area contributed by atoms with Crippen LogP contribution in [0.5, 0.6) is 5.75 Å². The van der Waals surface area contributed by atoms with Crippen LogP contribution < -0.4 is 10.1 Å². The van der Waals surface area contributed by atoms with Crippen molar-refractivity contribution in [3.63, 3.8) is 0 Å². The Kier molecular flexibility index (Phi) is 11.1. The second-order valence-corrected chi connectivity index (χ2v) is 5.43. The molecule has 0 unspecified atom stereocenters. The highest BCUT2D eigenvalue weighted by molar-refractivity contribution is 5.20. The lowest BCUT2D eigenvalue weighted by molar-refractivity contribution is 0.282. The van der Waals surface area contributed by atoms with Crippen LogP contribution in [0.1, 0.15) is 64.7 Å². The molecule has 0 atom stereocenters. The molecule has 0 aliphatic heterocycles. The third kappa shape index (κ3) is 9.85. The second-order valence-electron chi connectivity index (χ2n) is 5.43. The van der Waals surface area contributed by atoms with Gasteiger partial charge in [0.15, 0.2) is 0 Å². The van der Waals surface area contributed by atoms with Gasteiger partial charge in [0.1, 0.15) is 12.5 Å². The normalized spacial score (nSPS) is 10.7. The average molecular weight is 277 g/mol. The van der Waals surface area contributed by atoms with Gasteiger partial charge in [-0.1, -0.05) is 76.5 Å². The smallest absolute Gasteiger partial charge is 0.139 e. The number of unbranched alkanes of at least 4 members (excludes halogenated alkanes) is 8. The van der Waals surface area contributed by atoms with Crippen LogP contribution >= 0.6 is 0 Å². The van der Waals surface area contributed by atoms with Crippen molar-refractivity contribution in [2.75, 3.05) is 13.3 Å². The van der Waals surface area contributed by atoms with Gasteiger partial charge < -0.3 is 4.74 Å². The van der Waals surface area contributed by atoms with Crippen molar-refractivity contribution in [1.29, 1.82) is 0 Å². The van der Waals surface area contributed by atoms with Gasteiger partial charge in [-0.05, 0) is 25.1 Å². The molecule has 0 aliphatic rings. The summed E-state index contributed by atoms with van der Waals surface area (Å²) in [6.07, 6.45) is 12.4. The quantitative estimate of drug-likeness (QED) is 0.398. The molecule has 2 heteroatoms. The molecule has 0 spiro atoms. The predicted molar refractivity (Wildman–Crippen MR) is 87.2 cm³/mol. The fourth-order valence-electron chi connectivity index (χ4n) is 2.28. The van der Waals surface area contributed by atoms with Gasteiger partial charge in [-0.15, -0.1) is 0 Å². The number of nitrogens with one attached hydrogen (secondary N) is 1. The Labute approximate surface area is 124 Å². The Bertz CT molecular complexity index is 300. The van der Waals surface area contributed by atoms with Gasteiger partial charge in [0.25, 0.3) is 0 Å². The molecule has 0 radical (unpaired) electrons. The highest BCUT2D eigenvalue weighted by Crippen LogP contribution is 2.09. The van der Waals surface area contributed by atoms with Crippen LogP contribution in [0.4, 0.5) is 0 Å². The van der Waals surface area contributed by atoms with E-state index in [0.717, 1.165) is 12.3 Å².